The normalized spacial score (nSPS) is 15.2. The van der Waals surface area contributed by atoms with Gasteiger partial charge in [-0.2, -0.15) is 0 Å². The molecule has 1 fully saturated rings. The number of piperazine rings is 1. The number of Topliss-reactive ketones (excluding diaryl/α,β-unsaturated/α-hetero) is 1. The Morgan fingerprint density at radius 2 is 1.93 bits per heavy atom. The molecule has 2 aromatic carbocycles. The minimum absolute atomic E-state index is 0.126. The Morgan fingerprint density at radius 3 is 2.64 bits per heavy atom. The number of benzene rings is 2. The first kappa shape index (κ1) is 18.8. The molecule has 0 saturated carbocycles. The molecule has 1 aliphatic rings. The van der Waals surface area contributed by atoms with E-state index in [-0.39, 0.29) is 11.6 Å². The van der Waals surface area contributed by atoms with E-state index in [2.05, 4.69) is 9.88 Å². The summed E-state index contributed by atoms with van der Waals surface area (Å²) in [5, 5.41) is 1.68. The highest BCUT2D eigenvalue weighted by molar-refractivity contribution is 6.35. The molecule has 2 heterocycles. The van der Waals surface area contributed by atoms with Crippen LogP contribution in [0.5, 0.6) is 0 Å². The summed E-state index contributed by atoms with van der Waals surface area (Å²) < 4.78 is 14.4. The number of hydrogen-bond donors (Lipinski definition) is 0. The number of carbonyl (C=O) groups is 1. The maximum absolute atomic E-state index is 14.4. The molecule has 0 aliphatic carbocycles. The average molecular weight is 398 g/mol. The molecular formula is C22H21ClFN3O. The van der Waals surface area contributed by atoms with Gasteiger partial charge in [-0.15, -0.1) is 0 Å². The zero-order valence-corrected chi connectivity index (χ0v) is 16.4. The summed E-state index contributed by atoms with van der Waals surface area (Å²) in [5.74, 6) is -0.465. The van der Waals surface area contributed by atoms with Crippen molar-refractivity contribution in [3.8, 4) is 0 Å². The average Bonchev–Trinajstić information content (AvgIpc) is 2.71. The summed E-state index contributed by atoms with van der Waals surface area (Å²) in [6.07, 6.45) is 1.79. The quantitative estimate of drug-likeness (QED) is 0.605. The number of carbonyl (C=O) groups excluding carboxylic acids is 1. The van der Waals surface area contributed by atoms with Crippen molar-refractivity contribution in [3.63, 3.8) is 0 Å². The van der Waals surface area contributed by atoms with Crippen molar-refractivity contribution in [2.45, 2.75) is 13.5 Å². The highest BCUT2D eigenvalue weighted by atomic mass is 35.5. The van der Waals surface area contributed by atoms with Crippen LogP contribution in [-0.4, -0.2) is 41.8 Å². The van der Waals surface area contributed by atoms with Gasteiger partial charge in [0.25, 0.3) is 0 Å². The van der Waals surface area contributed by atoms with Gasteiger partial charge >= 0.3 is 0 Å². The fourth-order valence-electron chi connectivity index (χ4n) is 3.69. The first-order valence-electron chi connectivity index (χ1n) is 9.33. The lowest BCUT2D eigenvalue weighted by atomic mass is 10.1. The van der Waals surface area contributed by atoms with Crippen LogP contribution in [0.3, 0.4) is 0 Å². The van der Waals surface area contributed by atoms with Gasteiger partial charge in [-0.25, -0.2) is 4.39 Å². The first-order chi connectivity index (χ1) is 13.5. The number of hydrogen-bond acceptors (Lipinski definition) is 4. The van der Waals surface area contributed by atoms with Gasteiger partial charge < -0.3 is 4.90 Å². The molecule has 1 aromatic heterocycles. The van der Waals surface area contributed by atoms with E-state index in [1.807, 2.05) is 29.2 Å². The summed E-state index contributed by atoms with van der Waals surface area (Å²) >= 11 is 6.29. The van der Waals surface area contributed by atoms with Crippen LogP contribution in [0, 0.1) is 5.82 Å². The Kier molecular flexibility index (Phi) is 5.29. The van der Waals surface area contributed by atoms with Crippen molar-refractivity contribution in [2.24, 2.45) is 0 Å². The van der Waals surface area contributed by atoms with Crippen LogP contribution in [0.1, 0.15) is 22.8 Å². The van der Waals surface area contributed by atoms with E-state index in [9.17, 15) is 9.18 Å². The second-order valence-corrected chi connectivity index (χ2v) is 7.50. The molecule has 4 nitrogen and oxygen atoms in total. The Balaban J connectivity index is 1.45. The molecule has 0 atom stereocenters. The molecule has 0 N–H and O–H groups in total. The predicted octanol–water partition coefficient (Wildman–Crippen LogP) is 4.55. The zero-order valence-electron chi connectivity index (χ0n) is 15.7. The molecule has 144 valence electrons. The van der Waals surface area contributed by atoms with E-state index < -0.39 is 0 Å². The van der Waals surface area contributed by atoms with Gasteiger partial charge in [0.1, 0.15) is 5.82 Å². The minimum atomic E-state index is -0.339. The van der Waals surface area contributed by atoms with Gasteiger partial charge in [0, 0.05) is 54.9 Å². The summed E-state index contributed by atoms with van der Waals surface area (Å²) in [7, 11) is 0. The first-order valence-corrected chi connectivity index (χ1v) is 9.70. The molecule has 0 unspecified atom stereocenters. The number of nitrogens with zero attached hydrogens (tertiary/aromatic N) is 3. The SMILES string of the molecule is CC(=O)c1ccc(N2CCN(Cc3ccc(Cl)c4cccnc34)CC2)c(F)c1. The maximum atomic E-state index is 14.4. The third kappa shape index (κ3) is 3.73. The van der Waals surface area contributed by atoms with Crippen molar-refractivity contribution in [2.75, 3.05) is 31.1 Å². The third-order valence-electron chi connectivity index (χ3n) is 5.26. The number of pyridine rings is 1. The van der Waals surface area contributed by atoms with E-state index >= 15 is 0 Å². The second-order valence-electron chi connectivity index (χ2n) is 7.09. The lowest BCUT2D eigenvalue weighted by molar-refractivity contribution is 0.101. The molecule has 0 spiro atoms. The molecule has 28 heavy (non-hydrogen) atoms. The minimum Gasteiger partial charge on any atom is -0.367 e. The molecular weight excluding hydrogens is 377 g/mol. The zero-order chi connectivity index (χ0) is 19.7. The summed E-state index contributed by atoms with van der Waals surface area (Å²) in [6.45, 7) is 5.34. The number of aromatic nitrogens is 1. The summed E-state index contributed by atoms with van der Waals surface area (Å²) in [4.78, 5) is 20.3. The number of anilines is 1. The van der Waals surface area contributed by atoms with Crippen molar-refractivity contribution < 1.29 is 9.18 Å². The van der Waals surface area contributed by atoms with Gasteiger partial charge in [0.15, 0.2) is 5.78 Å². The number of rotatable bonds is 4. The lowest BCUT2D eigenvalue weighted by Crippen LogP contribution is -2.46. The van der Waals surface area contributed by atoms with Crippen LogP contribution in [0.25, 0.3) is 10.9 Å². The topological polar surface area (TPSA) is 36.4 Å². The number of fused-ring (bicyclic) bond motifs is 1. The Hall–Kier alpha value is -2.50. The number of halogens is 2. The predicted molar refractivity (Wildman–Crippen MR) is 111 cm³/mol. The van der Waals surface area contributed by atoms with Crippen LogP contribution >= 0.6 is 11.6 Å². The fraction of sp³-hybridized carbons (Fsp3) is 0.273. The maximum Gasteiger partial charge on any atom is 0.159 e. The highest BCUT2D eigenvalue weighted by Crippen LogP contribution is 2.27. The van der Waals surface area contributed by atoms with Crippen LogP contribution in [0.2, 0.25) is 5.02 Å². The van der Waals surface area contributed by atoms with Crippen molar-refractivity contribution in [1.29, 1.82) is 0 Å². The van der Waals surface area contributed by atoms with E-state index in [1.54, 1.807) is 18.3 Å². The molecule has 1 saturated heterocycles. The second kappa shape index (κ2) is 7.86. The van der Waals surface area contributed by atoms with Gasteiger partial charge in [-0.1, -0.05) is 17.7 Å². The van der Waals surface area contributed by atoms with Crippen molar-refractivity contribution >= 4 is 34.0 Å². The molecule has 1 aliphatic heterocycles. The van der Waals surface area contributed by atoms with Crippen LogP contribution in [0.15, 0.2) is 48.7 Å². The molecule has 0 amide bonds. The summed E-state index contributed by atoms with van der Waals surface area (Å²) in [5.41, 5.74) is 3.04. The third-order valence-corrected chi connectivity index (χ3v) is 5.59. The summed E-state index contributed by atoms with van der Waals surface area (Å²) in [6, 6.07) is 12.6. The van der Waals surface area contributed by atoms with Gasteiger partial charge in [-0.3, -0.25) is 14.7 Å². The molecule has 4 rings (SSSR count). The van der Waals surface area contributed by atoms with Crippen molar-refractivity contribution in [1.82, 2.24) is 9.88 Å². The molecule has 0 bridgehead atoms. The Morgan fingerprint density at radius 1 is 1.14 bits per heavy atom. The van der Waals surface area contributed by atoms with Gasteiger partial charge in [0.2, 0.25) is 0 Å². The smallest absolute Gasteiger partial charge is 0.159 e. The Bertz CT molecular complexity index is 1030. The molecule has 0 radical (unpaired) electrons. The van der Waals surface area contributed by atoms with E-state index in [4.69, 9.17) is 11.6 Å². The van der Waals surface area contributed by atoms with Crippen molar-refractivity contribution in [3.05, 3.63) is 70.6 Å². The largest absolute Gasteiger partial charge is 0.367 e. The lowest BCUT2D eigenvalue weighted by Gasteiger charge is -2.36. The van der Waals surface area contributed by atoms with E-state index in [0.29, 0.717) is 16.3 Å². The monoisotopic (exact) mass is 397 g/mol. The molecule has 3 aromatic rings. The number of ketones is 1. The van der Waals surface area contributed by atoms with Gasteiger partial charge in [0.05, 0.1) is 11.2 Å². The van der Waals surface area contributed by atoms with E-state index in [0.717, 1.165) is 49.2 Å². The van der Waals surface area contributed by atoms with E-state index in [1.165, 1.54) is 13.0 Å². The highest BCUT2D eigenvalue weighted by Gasteiger charge is 2.21. The standard InChI is InChI=1S/C22H21ClFN3O/c1-15(28)16-5-7-21(20(24)13-16)27-11-9-26(10-12-27)14-17-4-6-19(23)18-3-2-8-25-22(17)18/h2-8,13H,9-12,14H2,1H3. The fourth-order valence-corrected chi connectivity index (χ4v) is 3.91. The van der Waals surface area contributed by atoms with Crippen LogP contribution < -0.4 is 4.90 Å². The Labute approximate surface area is 168 Å². The molecule has 6 heteroatoms. The van der Waals surface area contributed by atoms with Crippen LogP contribution in [-0.2, 0) is 6.54 Å². The van der Waals surface area contributed by atoms with Gasteiger partial charge in [-0.05, 0) is 48.9 Å². The van der Waals surface area contributed by atoms with Crippen LogP contribution in [0.4, 0.5) is 10.1 Å².